The first-order valence-corrected chi connectivity index (χ1v) is 11.5. The number of piperidine rings is 1. The summed E-state index contributed by atoms with van der Waals surface area (Å²) in [6.07, 6.45) is -3.09. The standard InChI is InChI=1S/C27H24F3N3O2/c28-27(29,30)21-9-6-18(7-10-21)16-25(34)32-14-12-22(13-15-32)33-24-17-20(19-4-2-1-3-5-19)8-11-23(24)31-26(33)35/h1-11,17,22H,12-16H2,(H,31,35). The van der Waals surface area contributed by atoms with Crippen molar-refractivity contribution in [3.63, 3.8) is 0 Å². The minimum Gasteiger partial charge on any atom is -0.342 e. The Morgan fingerprint density at radius 1 is 0.914 bits per heavy atom. The van der Waals surface area contributed by atoms with Crippen molar-refractivity contribution < 1.29 is 18.0 Å². The van der Waals surface area contributed by atoms with Gasteiger partial charge in [0.15, 0.2) is 0 Å². The number of carbonyl (C=O) groups excluding carboxylic acids is 1. The van der Waals surface area contributed by atoms with E-state index >= 15 is 0 Å². The summed E-state index contributed by atoms with van der Waals surface area (Å²) in [6, 6.07) is 20.5. The van der Waals surface area contributed by atoms with Crippen LogP contribution in [-0.4, -0.2) is 33.4 Å². The van der Waals surface area contributed by atoms with Gasteiger partial charge < -0.3 is 9.88 Å². The van der Waals surface area contributed by atoms with Gasteiger partial charge in [0.1, 0.15) is 0 Å². The Bertz CT molecular complexity index is 1400. The summed E-state index contributed by atoms with van der Waals surface area (Å²) in [5.74, 6) is -0.124. The molecule has 0 bridgehead atoms. The van der Waals surface area contributed by atoms with Gasteiger partial charge in [0.05, 0.1) is 23.0 Å². The number of carbonyl (C=O) groups is 1. The van der Waals surface area contributed by atoms with E-state index in [0.717, 1.165) is 34.3 Å². The van der Waals surface area contributed by atoms with Crippen LogP contribution >= 0.6 is 0 Å². The molecule has 1 saturated heterocycles. The fourth-order valence-electron chi connectivity index (χ4n) is 4.77. The first-order chi connectivity index (χ1) is 16.8. The van der Waals surface area contributed by atoms with Crippen LogP contribution in [0.25, 0.3) is 22.2 Å². The van der Waals surface area contributed by atoms with Crippen molar-refractivity contribution in [3.8, 4) is 11.1 Å². The van der Waals surface area contributed by atoms with Crippen LogP contribution in [0.5, 0.6) is 0 Å². The largest absolute Gasteiger partial charge is 0.416 e. The molecule has 180 valence electrons. The third-order valence-electron chi connectivity index (χ3n) is 6.64. The molecular formula is C27H24F3N3O2. The quantitative estimate of drug-likeness (QED) is 0.425. The lowest BCUT2D eigenvalue weighted by molar-refractivity contribution is -0.137. The molecule has 0 radical (unpaired) electrons. The van der Waals surface area contributed by atoms with Gasteiger partial charge >= 0.3 is 11.9 Å². The molecule has 1 N–H and O–H groups in total. The van der Waals surface area contributed by atoms with Crippen molar-refractivity contribution in [2.75, 3.05) is 13.1 Å². The van der Waals surface area contributed by atoms with E-state index in [0.29, 0.717) is 31.5 Å². The molecule has 1 amide bonds. The van der Waals surface area contributed by atoms with Crippen molar-refractivity contribution in [2.24, 2.45) is 0 Å². The predicted molar refractivity (Wildman–Crippen MR) is 128 cm³/mol. The Labute approximate surface area is 199 Å². The van der Waals surface area contributed by atoms with Crippen LogP contribution in [0.15, 0.2) is 77.6 Å². The van der Waals surface area contributed by atoms with E-state index in [1.54, 1.807) is 9.47 Å². The van der Waals surface area contributed by atoms with Crippen molar-refractivity contribution >= 4 is 16.9 Å². The van der Waals surface area contributed by atoms with Crippen LogP contribution in [0.3, 0.4) is 0 Å². The monoisotopic (exact) mass is 479 g/mol. The number of nitrogens with one attached hydrogen (secondary N) is 1. The molecule has 5 rings (SSSR count). The highest BCUT2D eigenvalue weighted by Crippen LogP contribution is 2.30. The first-order valence-electron chi connectivity index (χ1n) is 11.5. The maximum absolute atomic E-state index is 12.8. The SMILES string of the molecule is O=C(Cc1ccc(C(F)(F)F)cc1)N1CCC(n2c(=O)[nH]c3ccc(-c4ccccc4)cc32)CC1. The van der Waals surface area contributed by atoms with E-state index in [1.165, 1.54) is 12.1 Å². The average molecular weight is 480 g/mol. The number of fused-ring (bicyclic) bond motifs is 1. The maximum atomic E-state index is 12.8. The van der Waals surface area contributed by atoms with E-state index in [4.69, 9.17) is 0 Å². The Morgan fingerprint density at radius 3 is 2.26 bits per heavy atom. The summed E-state index contributed by atoms with van der Waals surface area (Å²) >= 11 is 0. The van der Waals surface area contributed by atoms with Crippen LogP contribution < -0.4 is 5.69 Å². The molecule has 4 aromatic rings. The molecule has 2 heterocycles. The van der Waals surface area contributed by atoms with Gasteiger partial charge in [0, 0.05) is 19.1 Å². The molecule has 1 aliphatic heterocycles. The number of rotatable bonds is 4. The van der Waals surface area contributed by atoms with Crippen LogP contribution in [0, 0.1) is 0 Å². The number of aromatic amines is 1. The van der Waals surface area contributed by atoms with Crippen LogP contribution in [0.1, 0.15) is 30.0 Å². The third kappa shape index (κ3) is 4.73. The second-order valence-electron chi connectivity index (χ2n) is 8.88. The van der Waals surface area contributed by atoms with Gasteiger partial charge in [-0.3, -0.25) is 9.36 Å². The zero-order valence-corrected chi connectivity index (χ0v) is 18.9. The molecular weight excluding hydrogens is 455 g/mol. The molecule has 8 heteroatoms. The fourth-order valence-corrected chi connectivity index (χ4v) is 4.77. The second kappa shape index (κ2) is 9.09. The van der Waals surface area contributed by atoms with E-state index in [2.05, 4.69) is 4.98 Å². The highest BCUT2D eigenvalue weighted by Gasteiger charge is 2.30. The molecule has 0 aliphatic carbocycles. The number of H-pyrrole nitrogens is 1. The molecule has 35 heavy (non-hydrogen) atoms. The molecule has 0 atom stereocenters. The minimum absolute atomic E-state index is 0.0441. The molecule has 3 aromatic carbocycles. The average Bonchev–Trinajstić information content (AvgIpc) is 3.19. The Balaban J connectivity index is 1.28. The number of imidazole rings is 1. The topological polar surface area (TPSA) is 58.1 Å². The zero-order chi connectivity index (χ0) is 24.6. The maximum Gasteiger partial charge on any atom is 0.416 e. The number of benzene rings is 3. The third-order valence-corrected chi connectivity index (χ3v) is 6.64. The number of amides is 1. The first kappa shape index (κ1) is 23.0. The van der Waals surface area contributed by atoms with Crippen LogP contribution in [0.2, 0.25) is 0 Å². The number of halogens is 3. The number of likely N-dealkylation sites (tertiary alicyclic amines) is 1. The Morgan fingerprint density at radius 2 is 1.60 bits per heavy atom. The fraction of sp³-hybridized carbons (Fsp3) is 0.259. The summed E-state index contributed by atoms with van der Waals surface area (Å²) in [4.78, 5) is 30.2. The van der Waals surface area contributed by atoms with Crippen molar-refractivity contribution in [1.29, 1.82) is 0 Å². The lowest BCUT2D eigenvalue weighted by Crippen LogP contribution is -2.41. The molecule has 0 unspecified atom stereocenters. The lowest BCUT2D eigenvalue weighted by Gasteiger charge is -2.32. The molecule has 0 spiro atoms. The molecule has 1 aliphatic rings. The Kier molecular flexibility index (Phi) is 5.96. The van der Waals surface area contributed by atoms with Gasteiger partial charge in [0.25, 0.3) is 0 Å². The van der Waals surface area contributed by atoms with Gasteiger partial charge in [-0.25, -0.2) is 4.79 Å². The highest BCUT2D eigenvalue weighted by atomic mass is 19.4. The number of nitrogens with zero attached hydrogens (tertiary/aromatic N) is 2. The highest BCUT2D eigenvalue weighted by molar-refractivity contribution is 5.82. The summed E-state index contributed by atoms with van der Waals surface area (Å²) in [6.45, 7) is 0.975. The molecule has 5 nitrogen and oxygen atoms in total. The minimum atomic E-state index is -4.40. The summed E-state index contributed by atoms with van der Waals surface area (Å²) < 4.78 is 40.1. The van der Waals surface area contributed by atoms with Gasteiger partial charge in [-0.15, -0.1) is 0 Å². The van der Waals surface area contributed by atoms with E-state index in [-0.39, 0.29) is 24.1 Å². The van der Waals surface area contributed by atoms with Crippen LogP contribution in [0.4, 0.5) is 13.2 Å². The Hall–Kier alpha value is -3.81. The second-order valence-corrected chi connectivity index (χ2v) is 8.88. The normalized spacial score (nSPS) is 15.0. The van der Waals surface area contributed by atoms with Crippen molar-refractivity contribution in [2.45, 2.75) is 31.5 Å². The van der Waals surface area contributed by atoms with Gasteiger partial charge in [-0.1, -0.05) is 48.5 Å². The van der Waals surface area contributed by atoms with Crippen molar-refractivity contribution in [1.82, 2.24) is 14.5 Å². The summed E-state index contributed by atoms with van der Waals surface area (Å²) in [5, 5.41) is 0. The van der Waals surface area contributed by atoms with Gasteiger partial charge in [-0.2, -0.15) is 13.2 Å². The van der Waals surface area contributed by atoms with E-state index in [9.17, 15) is 22.8 Å². The number of hydrogen-bond acceptors (Lipinski definition) is 2. The summed E-state index contributed by atoms with van der Waals surface area (Å²) in [5.41, 5.74) is 3.36. The summed E-state index contributed by atoms with van der Waals surface area (Å²) in [7, 11) is 0. The number of aromatic nitrogens is 2. The van der Waals surface area contributed by atoms with Crippen LogP contribution in [-0.2, 0) is 17.4 Å². The number of hydrogen-bond donors (Lipinski definition) is 1. The molecule has 1 aromatic heterocycles. The molecule has 0 saturated carbocycles. The van der Waals surface area contributed by atoms with E-state index in [1.807, 2.05) is 48.5 Å². The van der Waals surface area contributed by atoms with Gasteiger partial charge in [-0.05, 0) is 53.8 Å². The van der Waals surface area contributed by atoms with Gasteiger partial charge in [0.2, 0.25) is 5.91 Å². The lowest BCUT2D eigenvalue weighted by atomic mass is 10.0. The number of alkyl halides is 3. The smallest absolute Gasteiger partial charge is 0.342 e. The predicted octanol–water partition coefficient (Wildman–Crippen LogP) is 5.42. The molecule has 1 fully saturated rings. The van der Waals surface area contributed by atoms with E-state index < -0.39 is 11.7 Å². The zero-order valence-electron chi connectivity index (χ0n) is 18.9. The van der Waals surface area contributed by atoms with Crippen molar-refractivity contribution in [3.05, 3.63) is 94.4 Å².